The van der Waals surface area contributed by atoms with Gasteiger partial charge in [0.25, 0.3) is 5.91 Å². The van der Waals surface area contributed by atoms with Gasteiger partial charge < -0.3 is 14.3 Å². The third-order valence-corrected chi connectivity index (χ3v) is 5.78. The molecule has 0 saturated heterocycles. The van der Waals surface area contributed by atoms with Gasteiger partial charge in [0.2, 0.25) is 11.7 Å². The number of anilines is 1. The van der Waals surface area contributed by atoms with Crippen LogP contribution in [0.1, 0.15) is 27.6 Å². The van der Waals surface area contributed by atoms with Gasteiger partial charge in [0.1, 0.15) is 11.5 Å². The number of halogens is 2. The van der Waals surface area contributed by atoms with Crippen LogP contribution in [0, 0.1) is 6.92 Å². The molecule has 33 heavy (non-hydrogen) atoms. The molecule has 1 N–H and O–H groups in total. The average molecular weight is 479 g/mol. The Hall–Kier alpha value is -3.68. The van der Waals surface area contributed by atoms with Gasteiger partial charge in [0, 0.05) is 17.1 Å². The lowest BCUT2D eigenvalue weighted by Crippen LogP contribution is -2.13. The van der Waals surface area contributed by atoms with Crippen LogP contribution in [-0.4, -0.2) is 21.0 Å². The maximum atomic E-state index is 12.9. The number of rotatable bonds is 5. The van der Waals surface area contributed by atoms with Gasteiger partial charge >= 0.3 is 0 Å². The fourth-order valence-corrected chi connectivity index (χ4v) is 4.15. The van der Waals surface area contributed by atoms with Crippen LogP contribution in [0.5, 0.6) is 0 Å². The second-order valence-corrected chi connectivity index (χ2v) is 8.09. The molecule has 3 heterocycles. The van der Waals surface area contributed by atoms with Gasteiger partial charge in [-0.15, -0.1) is 0 Å². The summed E-state index contributed by atoms with van der Waals surface area (Å²) in [6, 6.07) is 15.9. The minimum atomic E-state index is -0.425. The Labute approximate surface area is 198 Å². The molecule has 3 aromatic heterocycles. The highest BCUT2D eigenvalue weighted by Crippen LogP contribution is 2.34. The number of hydrogen-bond acceptors (Lipinski definition) is 6. The molecular weight excluding hydrogens is 463 g/mol. The summed E-state index contributed by atoms with van der Waals surface area (Å²) in [5.41, 5.74) is 2.75. The van der Waals surface area contributed by atoms with Crippen molar-refractivity contribution in [1.29, 1.82) is 0 Å². The van der Waals surface area contributed by atoms with Crippen LogP contribution in [0.2, 0.25) is 10.0 Å². The van der Waals surface area contributed by atoms with E-state index in [-0.39, 0.29) is 15.6 Å². The van der Waals surface area contributed by atoms with Crippen LogP contribution in [-0.2, 0) is 6.42 Å². The maximum absolute atomic E-state index is 12.9. The lowest BCUT2D eigenvalue weighted by Gasteiger charge is -2.09. The SMILES string of the molecule is Cc1oc2c(NC(=O)c3c(Cl)cccc3Cl)cccc2c1Cc1nc(-c2ccccn2)no1. The van der Waals surface area contributed by atoms with E-state index in [1.165, 1.54) is 0 Å². The first-order chi connectivity index (χ1) is 16.0. The predicted molar refractivity (Wildman–Crippen MR) is 126 cm³/mol. The number of para-hydroxylation sites is 1. The van der Waals surface area contributed by atoms with E-state index in [1.807, 2.05) is 37.3 Å². The van der Waals surface area contributed by atoms with E-state index < -0.39 is 5.91 Å². The number of aromatic nitrogens is 3. The molecule has 0 aliphatic carbocycles. The van der Waals surface area contributed by atoms with Crippen molar-refractivity contribution in [2.45, 2.75) is 13.3 Å². The molecule has 0 aliphatic rings. The Kier molecular flexibility index (Phi) is 5.58. The summed E-state index contributed by atoms with van der Waals surface area (Å²) in [7, 11) is 0. The zero-order chi connectivity index (χ0) is 22.9. The fourth-order valence-electron chi connectivity index (χ4n) is 3.58. The molecule has 5 aromatic rings. The minimum absolute atomic E-state index is 0.203. The Morgan fingerprint density at radius 2 is 1.82 bits per heavy atom. The molecule has 0 bridgehead atoms. The number of carbonyl (C=O) groups excluding carboxylic acids is 1. The van der Waals surface area contributed by atoms with Gasteiger partial charge in [-0.25, -0.2) is 0 Å². The molecule has 0 radical (unpaired) electrons. The van der Waals surface area contributed by atoms with E-state index in [1.54, 1.807) is 30.5 Å². The van der Waals surface area contributed by atoms with Crippen LogP contribution >= 0.6 is 23.2 Å². The first kappa shape index (κ1) is 21.2. The quantitative estimate of drug-likeness (QED) is 0.316. The largest absolute Gasteiger partial charge is 0.459 e. The second kappa shape index (κ2) is 8.69. The standard InChI is InChI=1S/C24H16Cl2N4O3/c1-13-15(12-20-29-23(30-33-20)19-9-2-3-11-27-19)14-6-4-10-18(22(14)32-13)28-24(31)21-16(25)7-5-8-17(21)26/h2-11H,12H2,1H3,(H,28,31). The molecule has 164 valence electrons. The number of fused-ring (bicyclic) bond motifs is 1. The number of nitrogens with zero attached hydrogens (tertiary/aromatic N) is 3. The van der Waals surface area contributed by atoms with E-state index >= 15 is 0 Å². The Balaban J connectivity index is 1.46. The Morgan fingerprint density at radius 1 is 1.03 bits per heavy atom. The van der Waals surface area contributed by atoms with E-state index in [0.717, 1.165) is 10.9 Å². The van der Waals surface area contributed by atoms with Crippen LogP contribution in [0.4, 0.5) is 5.69 Å². The van der Waals surface area contributed by atoms with Gasteiger partial charge in [-0.2, -0.15) is 4.98 Å². The summed E-state index contributed by atoms with van der Waals surface area (Å²) in [6.07, 6.45) is 2.04. The molecule has 2 aromatic carbocycles. The summed E-state index contributed by atoms with van der Waals surface area (Å²) in [5, 5.41) is 8.24. The summed E-state index contributed by atoms with van der Waals surface area (Å²) >= 11 is 12.4. The average Bonchev–Trinajstić information content (AvgIpc) is 3.40. The third-order valence-electron chi connectivity index (χ3n) is 5.15. The number of aryl methyl sites for hydroxylation is 1. The maximum Gasteiger partial charge on any atom is 0.258 e. The number of benzene rings is 2. The second-order valence-electron chi connectivity index (χ2n) is 7.27. The van der Waals surface area contributed by atoms with Crippen molar-refractivity contribution < 1.29 is 13.7 Å². The predicted octanol–water partition coefficient (Wildman–Crippen LogP) is 6.34. The molecule has 0 atom stereocenters. The lowest BCUT2D eigenvalue weighted by atomic mass is 10.1. The monoisotopic (exact) mass is 478 g/mol. The Bertz CT molecular complexity index is 1460. The smallest absolute Gasteiger partial charge is 0.258 e. The number of nitrogens with one attached hydrogen (secondary N) is 1. The fraction of sp³-hybridized carbons (Fsp3) is 0.0833. The van der Waals surface area contributed by atoms with E-state index in [2.05, 4.69) is 20.4 Å². The van der Waals surface area contributed by atoms with Crippen LogP contribution < -0.4 is 5.32 Å². The van der Waals surface area contributed by atoms with Crippen LogP contribution in [0.3, 0.4) is 0 Å². The van der Waals surface area contributed by atoms with Gasteiger partial charge in [-0.1, -0.05) is 52.6 Å². The summed E-state index contributed by atoms with van der Waals surface area (Å²) in [4.78, 5) is 21.6. The van der Waals surface area contributed by atoms with Crippen molar-refractivity contribution in [3.63, 3.8) is 0 Å². The summed E-state index contributed by atoms with van der Waals surface area (Å²) < 4.78 is 11.4. The molecule has 5 rings (SSSR count). The van der Waals surface area contributed by atoms with Crippen molar-refractivity contribution in [2.24, 2.45) is 0 Å². The number of hydrogen-bond donors (Lipinski definition) is 1. The van der Waals surface area contributed by atoms with Gasteiger partial charge in [0.15, 0.2) is 5.58 Å². The van der Waals surface area contributed by atoms with Gasteiger partial charge in [-0.05, 0) is 37.3 Å². The number of amides is 1. The molecular formula is C24H16Cl2N4O3. The van der Waals surface area contributed by atoms with Crippen molar-refractivity contribution >= 4 is 45.8 Å². The van der Waals surface area contributed by atoms with E-state index in [0.29, 0.717) is 40.9 Å². The Morgan fingerprint density at radius 3 is 2.58 bits per heavy atom. The normalized spacial score (nSPS) is 11.1. The van der Waals surface area contributed by atoms with Gasteiger partial charge in [-0.3, -0.25) is 9.78 Å². The van der Waals surface area contributed by atoms with E-state index in [4.69, 9.17) is 32.1 Å². The zero-order valence-electron chi connectivity index (χ0n) is 17.3. The highest BCUT2D eigenvalue weighted by Gasteiger charge is 2.20. The first-order valence-corrected chi connectivity index (χ1v) is 10.8. The highest BCUT2D eigenvalue weighted by molar-refractivity contribution is 6.40. The number of furan rings is 1. The third kappa shape index (κ3) is 4.08. The van der Waals surface area contributed by atoms with E-state index in [9.17, 15) is 4.79 Å². The minimum Gasteiger partial charge on any atom is -0.459 e. The number of carbonyl (C=O) groups is 1. The van der Waals surface area contributed by atoms with Crippen LogP contribution in [0.15, 0.2) is 69.7 Å². The topological polar surface area (TPSA) is 94.1 Å². The molecule has 0 aliphatic heterocycles. The molecule has 9 heteroatoms. The molecule has 0 unspecified atom stereocenters. The zero-order valence-corrected chi connectivity index (χ0v) is 18.8. The highest BCUT2D eigenvalue weighted by atomic mass is 35.5. The summed E-state index contributed by atoms with van der Waals surface area (Å²) in [5.74, 6) is 1.10. The molecule has 0 fully saturated rings. The molecule has 7 nitrogen and oxygen atoms in total. The van der Waals surface area contributed by atoms with Gasteiger partial charge in [0.05, 0.1) is 27.7 Å². The van der Waals surface area contributed by atoms with Crippen molar-refractivity contribution in [2.75, 3.05) is 5.32 Å². The molecule has 1 amide bonds. The first-order valence-electron chi connectivity index (χ1n) is 10.0. The van der Waals surface area contributed by atoms with Crippen molar-refractivity contribution in [3.05, 3.63) is 93.6 Å². The number of pyridine rings is 1. The van der Waals surface area contributed by atoms with Crippen molar-refractivity contribution in [1.82, 2.24) is 15.1 Å². The summed E-state index contributed by atoms with van der Waals surface area (Å²) in [6.45, 7) is 1.85. The van der Waals surface area contributed by atoms with Crippen molar-refractivity contribution in [3.8, 4) is 11.5 Å². The van der Waals surface area contributed by atoms with Crippen LogP contribution in [0.25, 0.3) is 22.5 Å². The lowest BCUT2D eigenvalue weighted by molar-refractivity contribution is 0.102. The molecule has 0 saturated carbocycles. The molecule has 0 spiro atoms.